The predicted molar refractivity (Wildman–Crippen MR) is 124 cm³/mol. The number of fused-ring (bicyclic) bond motifs is 1. The first-order valence-corrected chi connectivity index (χ1v) is 11.8. The van der Waals surface area contributed by atoms with E-state index in [0.29, 0.717) is 29.1 Å². The molecular formula is C22H25N5O5S. The third-order valence-corrected chi connectivity index (χ3v) is 6.33. The number of rotatable bonds is 8. The van der Waals surface area contributed by atoms with E-state index in [-0.39, 0.29) is 22.2 Å². The quantitative estimate of drug-likeness (QED) is 0.423. The Bertz CT molecular complexity index is 1480. The summed E-state index contributed by atoms with van der Waals surface area (Å²) in [5.41, 5.74) is 1.08. The van der Waals surface area contributed by atoms with E-state index in [1.807, 2.05) is 13.0 Å². The number of nitrogens with one attached hydrogen (secondary N) is 1. The van der Waals surface area contributed by atoms with Crippen molar-refractivity contribution in [2.45, 2.75) is 18.4 Å². The smallest absolute Gasteiger partial charge is 0.328 e. The molecule has 2 heterocycles. The zero-order chi connectivity index (χ0) is 23.8. The van der Waals surface area contributed by atoms with Crippen molar-refractivity contribution in [2.24, 2.45) is 21.1 Å². The van der Waals surface area contributed by atoms with Crippen LogP contribution in [0.2, 0.25) is 0 Å². The first kappa shape index (κ1) is 22.5. The molecule has 174 valence electrons. The fourth-order valence-corrected chi connectivity index (χ4v) is 4.43. The van der Waals surface area contributed by atoms with E-state index in [2.05, 4.69) is 9.71 Å². The largest absolute Gasteiger partial charge is 0.493 e. The summed E-state index contributed by atoms with van der Waals surface area (Å²) in [6.07, 6.45) is 3.66. The van der Waals surface area contributed by atoms with Gasteiger partial charge in [-0.25, -0.2) is 9.78 Å². The SMILES string of the molecule is CCCOc1cccc(Oc2cc3c(cc2NS(=O)(=O)c2cn(C)cn2)n(C)c(=O)n3C)c1. The minimum Gasteiger partial charge on any atom is -0.493 e. The second-order valence-electron chi connectivity index (χ2n) is 7.65. The van der Waals surface area contributed by atoms with Crippen molar-refractivity contribution in [3.8, 4) is 17.2 Å². The maximum Gasteiger partial charge on any atom is 0.328 e. The molecule has 4 rings (SSSR count). The second kappa shape index (κ2) is 8.66. The van der Waals surface area contributed by atoms with Gasteiger partial charge in [-0.1, -0.05) is 13.0 Å². The second-order valence-corrected chi connectivity index (χ2v) is 9.28. The topological polar surface area (TPSA) is 109 Å². The van der Waals surface area contributed by atoms with Gasteiger partial charge in [0.2, 0.25) is 0 Å². The Labute approximate surface area is 191 Å². The molecule has 0 atom stereocenters. The molecule has 0 spiro atoms. The van der Waals surface area contributed by atoms with Crippen molar-refractivity contribution in [3.63, 3.8) is 0 Å². The zero-order valence-electron chi connectivity index (χ0n) is 18.8. The molecule has 0 radical (unpaired) electrons. The van der Waals surface area contributed by atoms with Gasteiger partial charge in [0.25, 0.3) is 10.0 Å². The fourth-order valence-electron chi connectivity index (χ4n) is 3.39. The van der Waals surface area contributed by atoms with Gasteiger partial charge in [-0.3, -0.25) is 13.9 Å². The minimum atomic E-state index is -3.99. The van der Waals surface area contributed by atoms with E-state index in [0.717, 1.165) is 6.42 Å². The number of anilines is 1. The van der Waals surface area contributed by atoms with Crippen LogP contribution in [0.3, 0.4) is 0 Å². The number of aryl methyl sites for hydroxylation is 3. The van der Waals surface area contributed by atoms with Crippen molar-refractivity contribution in [1.82, 2.24) is 18.7 Å². The molecule has 0 unspecified atom stereocenters. The molecule has 2 aromatic heterocycles. The van der Waals surface area contributed by atoms with E-state index < -0.39 is 10.0 Å². The van der Waals surface area contributed by atoms with Crippen LogP contribution in [0, 0.1) is 0 Å². The summed E-state index contributed by atoms with van der Waals surface area (Å²) in [4.78, 5) is 16.4. The average Bonchev–Trinajstić information content (AvgIpc) is 3.31. The fraction of sp³-hybridized carbons (Fsp3) is 0.273. The van der Waals surface area contributed by atoms with Crippen LogP contribution in [0.1, 0.15) is 13.3 Å². The number of imidazole rings is 2. The van der Waals surface area contributed by atoms with Crippen molar-refractivity contribution in [1.29, 1.82) is 0 Å². The standard InChI is InChI=1S/C22H25N5O5S/c1-5-9-31-15-7-6-8-16(10-15)32-20-12-19-18(26(3)22(28)27(19)4)11-17(20)24-33(29,30)21-13-25(2)14-23-21/h6-8,10-14,24H,5,9H2,1-4H3. The highest BCUT2D eigenvalue weighted by molar-refractivity contribution is 7.92. The summed E-state index contributed by atoms with van der Waals surface area (Å²) in [5, 5.41) is -0.132. The maximum atomic E-state index is 12.9. The number of aromatic nitrogens is 4. The molecule has 0 saturated heterocycles. The van der Waals surface area contributed by atoms with Gasteiger partial charge in [0, 0.05) is 39.5 Å². The summed E-state index contributed by atoms with van der Waals surface area (Å²) in [6.45, 7) is 2.58. The van der Waals surface area contributed by atoms with Crippen molar-refractivity contribution in [2.75, 3.05) is 11.3 Å². The van der Waals surface area contributed by atoms with Crippen LogP contribution in [0.5, 0.6) is 17.2 Å². The average molecular weight is 472 g/mol. The molecule has 0 saturated carbocycles. The number of hydrogen-bond donors (Lipinski definition) is 1. The molecule has 10 nitrogen and oxygen atoms in total. The van der Waals surface area contributed by atoms with Crippen LogP contribution in [0.15, 0.2) is 58.7 Å². The lowest BCUT2D eigenvalue weighted by molar-refractivity contribution is 0.316. The van der Waals surface area contributed by atoms with Gasteiger partial charge in [0.05, 0.1) is 29.7 Å². The third kappa shape index (κ3) is 4.44. The Morgan fingerprint density at radius 2 is 1.73 bits per heavy atom. The van der Waals surface area contributed by atoms with Crippen LogP contribution in [0.4, 0.5) is 5.69 Å². The molecular weight excluding hydrogens is 446 g/mol. The minimum absolute atomic E-state index is 0.132. The molecule has 0 aliphatic rings. The molecule has 33 heavy (non-hydrogen) atoms. The highest BCUT2D eigenvalue weighted by atomic mass is 32.2. The Kier molecular flexibility index (Phi) is 5.90. The number of hydrogen-bond acceptors (Lipinski definition) is 6. The van der Waals surface area contributed by atoms with E-state index in [9.17, 15) is 13.2 Å². The summed E-state index contributed by atoms with van der Waals surface area (Å²) >= 11 is 0. The number of ether oxygens (including phenoxy) is 2. The molecule has 0 amide bonds. The Balaban J connectivity index is 1.80. The van der Waals surface area contributed by atoms with E-state index in [4.69, 9.17) is 9.47 Å². The van der Waals surface area contributed by atoms with Gasteiger partial charge in [-0.05, 0) is 24.6 Å². The lowest BCUT2D eigenvalue weighted by Gasteiger charge is -2.14. The first-order chi connectivity index (χ1) is 15.7. The normalized spacial score (nSPS) is 11.6. The lowest BCUT2D eigenvalue weighted by atomic mass is 10.2. The number of sulfonamides is 1. The third-order valence-electron chi connectivity index (χ3n) is 5.08. The molecule has 0 fully saturated rings. The Morgan fingerprint density at radius 3 is 2.39 bits per heavy atom. The summed E-state index contributed by atoms with van der Waals surface area (Å²) in [6, 6.07) is 10.3. The van der Waals surface area contributed by atoms with Crippen LogP contribution in [0.25, 0.3) is 11.0 Å². The molecule has 1 N–H and O–H groups in total. The van der Waals surface area contributed by atoms with Gasteiger partial charge in [0.1, 0.15) is 11.5 Å². The van der Waals surface area contributed by atoms with E-state index >= 15 is 0 Å². The number of nitrogens with zero attached hydrogens (tertiary/aromatic N) is 4. The van der Waals surface area contributed by atoms with E-state index in [1.54, 1.807) is 51.5 Å². The summed E-state index contributed by atoms with van der Waals surface area (Å²) in [7, 11) is 0.953. The van der Waals surface area contributed by atoms with Crippen molar-refractivity contribution in [3.05, 3.63) is 59.4 Å². The van der Waals surface area contributed by atoms with E-state index in [1.165, 1.54) is 26.2 Å². The van der Waals surface area contributed by atoms with Crippen LogP contribution < -0.4 is 19.9 Å². The first-order valence-electron chi connectivity index (χ1n) is 10.3. The number of benzene rings is 2. The van der Waals surface area contributed by atoms with Gasteiger partial charge in [-0.15, -0.1) is 0 Å². The highest BCUT2D eigenvalue weighted by Gasteiger charge is 2.22. The Hall–Kier alpha value is -3.73. The van der Waals surface area contributed by atoms with Gasteiger partial charge in [-0.2, -0.15) is 8.42 Å². The van der Waals surface area contributed by atoms with Crippen molar-refractivity contribution < 1.29 is 17.9 Å². The maximum absolute atomic E-state index is 12.9. The predicted octanol–water partition coefficient (Wildman–Crippen LogP) is 2.99. The molecule has 4 aromatic rings. The highest BCUT2D eigenvalue weighted by Crippen LogP contribution is 2.35. The lowest BCUT2D eigenvalue weighted by Crippen LogP contribution is -2.19. The summed E-state index contributed by atoms with van der Waals surface area (Å²) in [5.74, 6) is 1.33. The molecule has 0 aliphatic heterocycles. The van der Waals surface area contributed by atoms with Crippen LogP contribution >= 0.6 is 0 Å². The van der Waals surface area contributed by atoms with Crippen LogP contribution in [-0.2, 0) is 31.2 Å². The molecule has 0 bridgehead atoms. The zero-order valence-corrected chi connectivity index (χ0v) is 19.6. The molecule has 11 heteroatoms. The molecule has 2 aromatic carbocycles. The van der Waals surface area contributed by atoms with Gasteiger partial charge >= 0.3 is 5.69 Å². The van der Waals surface area contributed by atoms with Crippen molar-refractivity contribution >= 4 is 26.7 Å². The molecule has 0 aliphatic carbocycles. The monoisotopic (exact) mass is 471 g/mol. The Morgan fingerprint density at radius 1 is 1.03 bits per heavy atom. The van der Waals surface area contributed by atoms with Crippen LogP contribution in [-0.4, -0.2) is 33.7 Å². The van der Waals surface area contributed by atoms with Gasteiger partial charge < -0.3 is 14.0 Å². The summed E-state index contributed by atoms with van der Waals surface area (Å²) < 4.78 is 44.6. The van der Waals surface area contributed by atoms with Gasteiger partial charge in [0.15, 0.2) is 10.8 Å².